The molecule has 0 radical (unpaired) electrons. The lowest BCUT2D eigenvalue weighted by Crippen LogP contribution is -2.27. The van der Waals surface area contributed by atoms with Gasteiger partial charge in [-0.2, -0.15) is 0 Å². The van der Waals surface area contributed by atoms with E-state index in [1.165, 1.54) is 58.9 Å². The average Bonchev–Trinajstić information content (AvgIpc) is 2.75. The fraction of sp³-hybridized carbons (Fsp3) is 0.360. The van der Waals surface area contributed by atoms with Crippen molar-refractivity contribution < 1.29 is 9.47 Å². The molecule has 0 aromatic heterocycles. The van der Waals surface area contributed by atoms with Crippen LogP contribution in [0.3, 0.4) is 0 Å². The van der Waals surface area contributed by atoms with Gasteiger partial charge >= 0.3 is 0 Å². The molecule has 1 heterocycles. The Morgan fingerprint density at radius 2 is 1.93 bits per heavy atom. The summed E-state index contributed by atoms with van der Waals surface area (Å²) in [6.45, 7) is 1.58. The minimum Gasteiger partial charge on any atom is -0.497 e. The molecule has 2 aromatic carbocycles. The number of allylic oxidation sites excluding steroid dienone is 2. The van der Waals surface area contributed by atoms with Crippen LogP contribution in [0.4, 0.5) is 0 Å². The van der Waals surface area contributed by atoms with E-state index in [0.717, 1.165) is 13.2 Å². The SMILES string of the molecule is C1=CCOC=C1.COCC1CCCc2c1ccc1c3c(ccc21)=CCCC=3. The highest BCUT2D eigenvalue weighted by Crippen LogP contribution is 2.35. The number of ether oxygens (including phenoxy) is 2. The van der Waals surface area contributed by atoms with Crippen molar-refractivity contribution in [3.8, 4) is 0 Å². The van der Waals surface area contributed by atoms with E-state index in [2.05, 4.69) is 36.4 Å². The molecular weight excluding hydrogens is 332 g/mol. The van der Waals surface area contributed by atoms with Crippen molar-refractivity contribution in [3.05, 3.63) is 70.3 Å². The maximum Gasteiger partial charge on any atom is 0.106 e. The van der Waals surface area contributed by atoms with Crippen molar-refractivity contribution in [1.29, 1.82) is 0 Å². The van der Waals surface area contributed by atoms with Gasteiger partial charge in [0.1, 0.15) is 6.61 Å². The quantitative estimate of drug-likeness (QED) is 0.793. The summed E-state index contributed by atoms with van der Waals surface area (Å²) in [6, 6.07) is 9.37. The summed E-state index contributed by atoms with van der Waals surface area (Å²) in [5, 5.41) is 5.78. The summed E-state index contributed by atoms with van der Waals surface area (Å²) < 4.78 is 10.2. The summed E-state index contributed by atoms with van der Waals surface area (Å²) in [6.07, 6.45) is 18.4. The van der Waals surface area contributed by atoms with Crippen LogP contribution in [0.1, 0.15) is 42.7 Å². The normalized spacial score (nSPS) is 19.7. The lowest BCUT2D eigenvalue weighted by Gasteiger charge is -2.26. The lowest BCUT2D eigenvalue weighted by molar-refractivity contribution is 0.172. The first-order chi connectivity index (χ1) is 13.4. The first-order valence-corrected chi connectivity index (χ1v) is 10.1. The van der Waals surface area contributed by atoms with Crippen LogP contribution in [0.5, 0.6) is 0 Å². The van der Waals surface area contributed by atoms with Crippen molar-refractivity contribution in [2.24, 2.45) is 0 Å². The first-order valence-electron chi connectivity index (χ1n) is 10.1. The number of aryl methyl sites for hydroxylation is 1. The molecule has 140 valence electrons. The Hall–Kier alpha value is -2.32. The Bertz CT molecular complexity index is 970. The number of hydrogen-bond donors (Lipinski definition) is 0. The molecule has 0 N–H and O–H groups in total. The lowest BCUT2D eigenvalue weighted by atomic mass is 9.80. The molecule has 1 aliphatic heterocycles. The van der Waals surface area contributed by atoms with Crippen LogP contribution in [0.2, 0.25) is 0 Å². The molecule has 0 fully saturated rings. The predicted molar refractivity (Wildman–Crippen MR) is 113 cm³/mol. The van der Waals surface area contributed by atoms with Crippen LogP contribution in [0.15, 0.2) is 48.8 Å². The molecule has 0 spiro atoms. The van der Waals surface area contributed by atoms with Gasteiger partial charge in [0.15, 0.2) is 0 Å². The summed E-state index contributed by atoms with van der Waals surface area (Å²) >= 11 is 0. The third-order valence-electron chi connectivity index (χ3n) is 5.70. The highest BCUT2D eigenvalue weighted by atomic mass is 16.5. The van der Waals surface area contributed by atoms with Gasteiger partial charge < -0.3 is 9.47 Å². The fourth-order valence-corrected chi connectivity index (χ4v) is 4.46. The molecule has 27 heavy (non-hydrogen) atoms. The van der Waals surface area contributed by atoms with Crippen LogP contribution < -0.4 is 10.4 Å². The third kappa shape index (κ3) is 3.86. The highest BCUT2D eigenvalue weighted by Gasteiger charge is 2.21. The number of benzene rings is 2. The van der Waals surface area contributed by atoms with Gasteiger partial charge in [-0.25, -0.2) is 0 Å². The molecule has 0 saturated heterocycles. The second-order valence-electron chi connectivity index (χ2n) is 7.42. The molecule has 0 amide bonds. The largest absolute Gasteiger partial charge is 0.497 e. The molecule has 5 rings (SSSR count). The van der Waals surface area contributed by atoms with Gasteiger partial charge in [-0.3, -0.25) is 0 Å². The molecular formula is C25H28O2. The molecule has 2 heteroatoms. The fourth-order valence-electron chi connectivity index (χ4n) is 4.46. The Labute approximate surface area is 161 Å². The molecule has 1 atom stereocenters. The van der Waals surface area contributed by atoms with Gasteiger partial charge in [-0.05, 0) is 76.6 Å². The zero-order valence-electron chi connectivity index (χ0n) is 16.1. The summed E-state index contributed by atoms with van der Waals surface area (Å²) in [5.41, 5.74) is 3.10. The smallest absolute Gasteiger partial charge is 0.106 e. The van der Waals surface area contributed by atoms with Crippen molar-refractivity contribution in [2.45, 2.75) is 38.0 Å². The molecule has 0 bridgehead atoms. The molecule has 2 nitrogen and oxygen atoms in total. The van der Waals surface area contributed by atoms with Crippen LogP contribution in [-0.2, 0) is 15.9 Å². The maximum absolute atomic E-state index is 5.43. The van der Waals surface area contributed by atoms with E-state index >= 15 is 0 Å². The summed E-state index contributed by atoms with van der Waals surface area (Å²) in [7, 11) is 1.82. The van der Waals surface area contributed by atoms with E-state index in [1.807, 2.05) is 25.3 Å². The van der Waals surface area contributed by atoms with Crippen molar-refractivity contribution >= 4 is 22.9 Å². The second-order valence-corrected chi connectivity index (χ2v) is 7.42. The van der Waals surface area contributed by atoms with E-state index in [9.17, 15) is 0 Å². The molecule has 2 aromatic rings. The highest BCUT2D eigenvalue weighted by molar-refractivity contribution is 5.88. The Kier molecular flexibility index (Phi) is 5.74. The first kappa shape index (κ1) is 18.1. The van der Waals surface area contributed by atoms with E-state index in [4.69, 9.17) is 9.47 Å². The third-order valence-corrected chi connectivity index (χ3v) is 5.70. The van der Waals surface area contributed by atoms with Crippen molar-refractivity contribution in [3.63, 3.8) is 0 Å². The summed E-state index contributed by atoms with van der Waals surface area (Å²) in [5.74, 6) is 0.578. The van der Waals surface area contributed by atoms with Gasteiger partial charge in [0.05, 0.1) is 12.9 Å². The van der Waals surface area contributed by atoms with Crippen LogP contribution in [-0.4, -0.2) is 20.3 Å². The van der Waals surface area contributed by atoms with E-state index in [0.29, 0.717) is 5.92 Å². The zero-order chi connectivity index (χ0) is 18.5. The molecule has 0 saturated carbocycles. The minimum atomic E-state index is 0.578. The number of rotatable bonds is 2. The maximum atomic E-state index is 5.43. The van der Waals surface area contributed by atoms with Crippen LogP contribution in [0.25, 0.3) is 22.9 Å². The van der Waals surface area contributed by atoms with Crippen LogP contribution >= 0.6 is 0 Å². The molecule has 3 aliphatic rings. The van der Waals surface area contributed by atoms with Gasteiger partial charge in [0.2, 0.25) is 0 Å². The van der Waals surface area contributed by atoms with Crippen molar-refractivity contribution in [1.82, 2.24) is 0 Å². The average molecular weight is 360 g/mol. The number of fused-ring (bicyclic) bond motifs is 5. The Morgan fingerprint density at radius 3 is 2.67 bits per heavy atom. The minimum absolute atomic E-state index is 0.578. The standard InChI is InChI=1S/C20H22O.C5H6O/c1-21-13-15-6-4-8-18-17(15)11-12-19-16-7-3-2-5-14(16)9-10-20(18)19;1-2-4-6-5-3-1/h5,7,9-12,15H,2-4,6,8,13H2,1H3;1-4H,5H2. The van der Waals surface area contributed by atoms with E-state index in [-0.39, 0.29) is 0 Å². The van der Waals surface area contributed by atoms with Gasteiger partial charge in [0, 0.05) is 13.0 Å². The Morgan fingerprint density at radius 1 is 1.04 bits per heavy atom. The summed E-state index contributed by atoms with van der Waals surface area (Å²) in [4.78, 5) is 0. The topological polar surface area (TPSA) is 18.5 Å². The second kappa shape index (κ2) is 8.58. The van der Waals surface area contributed by atoms with Gasteiger partial charge in [-0.15, -0.1) is 0 Å². The van der Waals surface area contributed by atoms with Gasteiger partial charge in [0.25, 0.3) is 0 Å². The number of hydrogen-bond acceptors (Lipinski definition) is 2. The zero-order valence-corrected chi connectivity index (χ0v) is 16.1. The van der Waals surface area contributed by atoms with E-state index < -0.39 is 0 Å². The molecule has 2 aliphatic carbocycles. The monoisotopic (exact) mass is 360 g/mol. The van der Waals surface area contributed by atoms with Crippen LogP contribution in [0, 0.1) is 0 Å². The predicted octanol–water partition coefficient (Wildman–Crippen LogP) is 4.35. The van der Waals surface area contributed by atoms with Gasteiger partial charge in [-0.1, -0.05) is 42.5 Å². The number of methoxy groups -OCH3 is 1. The Balaban J connectivity index is 0.000000257. The van der Waals surface area contributed by atoms with Crippen molar-refractivity contribution in [2.75, 3.05) is 20.3 Å². The molecule has 1 unspecified atom stereocenters. The van der Waals surface area contributed by atoms with E-state index in [1.54, 1.807) is 11.8 Å².